The molecule has 104 valence electrons. The van der Waals surface area contributed by atoms with Crippen molar-refractivity contribution < 1.29 is 8.42 Å². The van der Waals surface area contributed by atoms with E-state index in [0.717, 1.165) is 22.3 Å². The van der Waals surface area contributed by atoms with Gasteiger partial charge in [0.15, 0.2) is 9.84 Å². The van der Waals surface area contributed by atoms with Crippen LogP contribution in [0.15, 0.2) is 35.7 Å². The van der Waals surface area contributed by atoms with Gasteiger partial charge in [-0.05, 0) is 31.2 Å². The maximum absolute atomic E-state index is 11.5. The summed E-state index contributed by atoms with van der Waals surface area (Å²) in [6, 6.07) is 7.20. The molecule has 1 aromatic carbocycles. The van der Waals surface area contributed by atoms with Gasteiger partial charge in [-0.25, -0.2) is 8.42 Å². The van der Waals surface area contributed by atoms with Crippen LogP contribution in [-0.2, 0) is 9.84 Å². The van der Waals surface area contributed by atoms with Crippen LogP contribution in [0.1, 0.15) is 5.69 Å². The minimum Gasteiger partial charge on any atom is -0.399 e. The second kappa shape index (κ2) is 4.49. The van der Waals surface area contributed by atoms with Gasteiger partial charge in [-0.2, -0.15) is 0 Å². The highest BCUT2D eigenvalue weighted by Gasteiger charge is 2.22. The molecule has 0 spiro atoms. The Hall–Kier alpha value is -2.08. The Kier molecular flexibility index (Phi) is 2.90. The number of aromatic nitrogens is 1. The standard InChI is InChI=1S/C14H15N3O2S/c1-9-6-14(17-11-4-5-20(18,19)8-11)12-7-10(15)2-3-13(12)16-9/h2-7,11H,8,15H2,1H3,(H,16,17). The average molecular weight is 289 g/mol. The van der Waals surface area contributed by atoms with Gasteiger partial charge in [-0.1, -0.05) is 6.08 Å². The summed E-state index contributed by atoms with van der Waals surface area (Å²) in [7, 11) is -3.07. The fourth-order valence-electron chi connectivity index (χ4n) is 2.36. The van der Waals surface area contributed by atoms with E-state index in [4.69, 9.17) is 5.73 Å². The Morgan fingerprint density at radius 3 is 2.85 bits per heavy atom. The third-order valence-corrected chi connectivity index (χ3v) is 4.63. The maximum atomic E-state index is 11.5. The molecule has 0 aliphatic carbocycles. The molecule has 0 saturated carbocycles. The fraction of sp³-hybridized carbons (Fsp3) is 0.214. The summed E-state index contributed by atoms with van der Waals surface area (Å²) in [4.78, 5) is 4.45. The van der Waals surface area contributed by atoms with E-state index in [0.29, 0.717) is 5.69 Å². The number of sulfone groups is 1. The second-order valence-electron chi connectivity index (χ2n) is 5.00. The summed E-state index contributed by atoms with van der Waals surface area (Å²) < 4.78 is 22.9. The van der Waals surface area contributed by atoms with E-state index < -0.39 is 9.84 Å². The van der Waals surface area contributed by atoms with Gasteiger partial charge in [0, 0.05) is 27.9 Å². The van der Waals surface area contributed by atoms with Crippen molar-refractivity contribution in [3.63, 3.8) is 0 Å². The van der Waals surface area contributed by atoms with Crippen molar-refractivity contribution in [2.24, 2.45) is 0 Å². The first-order chi connectivity index (χ1) is 9.43. The monoisotopic (exact) mass is 289 g/mol. The van der Waals surface area contributed by atoms with E-state index in [1.54, 1.807) is 12.1 Å². The van der Waals surface area contributed by atoms with Crippen LogP contribution in [-0.4, -0.2) is 25.2 Å². The summed E-state index contributed by atoms with van der Waals surface area (Å²) in [5.41, 5.74) is 9.03. The largest absolute Gasteiger partial charge is 0.399 e. The van der Waals surface area contributed by atoms with Gasteiger partial charge in [-0.3, -0.25) is 4.98 Å². The number of aryl methyl sites for hydroxylation is 1. The van der Waals surface area contributed by atoms with Crippen LogP contribution in [0.25, 0.3) is 10.9 Å². The molecule has 0 radical (unpaired) electrons. The van der Waals surface area contributed by atoms with E-state index in [-0.39, 0.29) is 11.8 Å². The number of anilines is 2. The van der Waals surface area contributed by atoms with E-state index in [2.05, 4.69) is 10.3 Å². The molecular weight excluding hydrogens is 274 g/mol. The lowest BCUT2D eigenvalue weighted by molar-refractivity contribution is 0.605. The minimum absolute atomic E-state index is 0.0815. The first kappa shape index (κ1) is 12.9. The molecule has 3 rings (SSSR count). The Bertz CT molecular complexity index is 813. The quantitative estimate of drug-likeness (QED) is 0.824. The highest BCUT2D eigenvalue weighted by molar-refractivity contribution is 7.94. The summed E-state index contributed by atoms with van der Waals surface area (Å²) >= 11 is 0. The number of rotatable bonds is 2. The van der Waals surface area contributed by atoms with Crippen LogP contribution in [0.5, 0.6) is 0 Å². The first-order valence-electron chi connectivity index (χ1n) is 6.27. The highest BCUT2D eigenvalue weighted by Crippen LogP contribution is 2.27. The molecule has 0 fully saturated rings. The van der Waals surface area contributed by atoms with Crippen LogP contribution in [0, 0.1) is 6.92 Å². The fourth-order valence-corrected chi connectivity index (χ4v) is 3.60. The third-order valence-electron chi connectivity index (χ3n) is 3.23. The first-order valence-corrected chi connectivity index (χ1v) is 7.99. The number of nitrogens with zero attached hydrogens (tertiary/aromatic N) is 1. The van der Waals surface area contributed by atoms with Crippen LogP contribution in [0.4, 0.5) is 11.4 Å². The summed E-state index contributed by atoms with van der Waals surface area (Å²) in [6.07, 6.45) is 1.67. The predicted octanol–water partition coefficient (Wildman–Crippen LogP) is 1.85. The Morgan fingerprint density at radius 2 is 2.15 bits per heavy atom. The molecule has 5 nitrogen and oxygen atoms in total. The molecule has 1 unspecified atom stereocenters. The lowest BCUT2D eigenvalue weighted by atomic mass is 10.1. The predicted molar refractivity (Wildman–Crippen MR) is 81.2 cm³/mol. The Labute approximate surface area is 117 Å². The molecule has 0 bridgehead atoms. The Balaban J connectivity index is 2.03. The summed E-state index contributed by atoms with van der Waals surface area (Å²) in [6.45, 7) is 1.90. The van der Waals surface area contributed by atoms with Gasteiger partial charge in [0.2, 0.25) is 0 Å². The summed E-state index contributed by atoms with van der Waals surface area (Å²) in [5, 5.41) is 5.40. The van der Waals surface area contributed by atoms with E-state index in [1.807, 2.05) is 25.1 Å². The van der Waals surface area contributed by atoms with Crippen molar-refractivity contribution in [1.82, 2.24) is 4.98 Å². The number of nitrogens with one attached hydrogen (secondary N) is 1. The van der Waals surface area contributed by atoms with Crippen LogP contribution < -0.4 is 11.1 Å². The molecule has 3 N–H and O–H groups in total. The van der Waals surface area contributed by atoms with Crippen LogP contribution in [0.2, 0.25) is 0 Å². The zero-order valence-electron chi connectivity index (χ0n) is 11.0. The van der Waals surface area contributed by atoms with Gasteiger partial charge in [0.25, 0.3) is 0 Å². The molecule has 2 aromatic rings. The second-order valence-corrected chi connectivity index (χ2v) is 6.93. The molecule has 1 aliphatic heterocycles. The molecule has 2 heterocycles. The zero-order chi connectivity index (χ0) is 14.3. The minimum atomic E-state index is -3.07. The average Bonchev–Trinajstić information content (AvgIpc) is 2.69. The number of hydrogen-bond acceptors (Lipinski definition) is 5. The lowest BCUT2D eigenvalue weighted by Crippen LogP contribution is -2.21. The number of nitrogens with two attached hydrogens (primary N) is 1. The molecule has 1 aromatic heterocycles. The third kappa shape index (κ3) is 2.46. The van der Waals surface area contributed by atoms with Gasteiger partial charge < -0.3 is 11.1 Å². The van der Waals surface area contributed by atoms with Crippen molar-refractivity contribution in [3.8, 4) is 0 Å². The van der Waals surface area contributed by atoms with Crippen LogP contribution >= 0.6 is 0 Å². The van der Waals surface area contributed by atoms with E-state index in [1.165, 1.54) is 5.41 Å². The van der Waals surface area contributed by atoms with E-state index in [9.17, 15) is 8.42 Å². The van der Waals surface area contributed by atoms with Gasteiger partial charge >= 0.3 is 0 Å². The van der Waals surface area contributed by atoms with Crippen molar-refractivity contribution in [2.75, 3.05) is 16.8 Å². The van der Waals surface area contributed by atoms with E-state index >= 15 is 0 Å². The van der Waals surface area contributed by atoms with Crippen molar-refractivity contribution in [3.05, 3.63) is 41.4 Å². The maximum Gasteiger partial charge on any atom is 0.173 e. The number of pyridine rings is 1. The molecular formula is C14H15N3O2S. The molecule has 1 atom stereocenters. The van der Waals surface area contributed by atoms with Gasteiger partial charge in [0.05, 0.1) is 17.3 Å². The van der Waals surface area contributed by atoms with Crippen LogP contribution in [0.3, 0.4) is 0 Å². The highest BCUT2D eigenvalue weighted by atomic mass is 32.2. The Morgan fingerprint density at radius 1 is 1.35 bits per heavy atom. The summed E-state index contributed by atoms with van der Waals surface area (Å²) in [5.74, 6) is 0.0815. The molecule has 0 amide bonds. The lowest BCUT2D eigenvalue weighted by Gasteiger charge is -2.15. The van der Waals surface area contributed by atoms with Gasteiger partial charge in [-0.15, -0.1) is 0 Å². The number of nitrogen functional groups attached to an aromatic ring is 1. The number of hydrogen-bond donors (Lipinski definition) is 2. The topological polar surface area (TPSA) is 85.1 Å². The molecule has 6 heteroatoms. The SMILES string of the molecule is Cc1cc(NC2C=CS(=O)(=O)C2)c2cc(N)ccc2n1. The molecule has 1 aliphatic rings. The number of fused-ring (bicyclic) bond motifs is 1. The molecule has 20 heavy (non-hydrogen) atoms. The number of benzene rings is 1. The van der Waals surface area contributed by atoms with Crippen molar-refractivity contribution in [1.29, 1.82) is 0 Å². The van der Waals surface area contributed by atoms with Gasteiger partial charge in [0.1, 0.15) is 0 Å². The van der Waals surface area contributed by atoms with Crippen molar-refractivity contribution in [2.45, 2.75) is 13.0 Å². The van der Waals surface area contributed by atoms with Crippen molar-refractivity contribution >= 4 is 32.1 Å². The smallest absolute Gasteiger partial charge is 0.173 e. The molecule has 0 saturated heterocycles. The zero-order valence-corrected chi connectivity index (χ0v) is 11.8. The normalized spacial score (nSPS) is 20.4.